The minimum atomic E-state index is -0.470. The number of carbonyl (C=O) groups excluding carboxylic acids is 2. The largest absolute Gasteiger partial charge is 0.343 e. The number of amides is 2. The van der Waals surface area contributed by atoms with Crippen LogP contribution in [0.2, 0.25) is 0 Å². The highest BCUT2D eigenvalue weighted by atomic mass is 16.5. The van der Waals surface area contributed by atoms with E-state index in [9.17, 15) is 9.59 Å². The molecule has 1 fully saturated rings. The molecule has 7 heteroatoms. The van der Waals surface area contributed by atoms with Crippen molar-refractivity contribution in [2.24, 2.45) is 0 Å². The van der Waals surface area contributed by atoms with Gasteiger partial charge in [0.2, 0.25) is 17.7 Å². The van der Waals surface area contributed by atoms with Crippen molar-refractivity contribution in [1.29, 1.82) is 0 Å². The van der Waals surface area contributed by atoms with Crippen LogP contribution in [0.15, 0.2) is 4.52 Å². The van der Waals surface area contributed by atoms with Crippen molar-refractivity contribution in [3.05, 3.63) is 11.7 Å². The fourth-order valence-electron chi connectivity index (χ4n) is 2.45. The van der Waals surface area contributed by atoms with Gasteiger partial charge in [0.05, 0.1) is 0 Å². The molecule has 1 aliphatic heterocycles. The number of nitrogens with one attached hydrogen (secondary N) is 1. The van der Waals surface area contributed by atoms with Crippen LogP contribution in [0.4, 0.5) is 0 Å². The summed E-state index contributed by atoms with van der Waals surface area (Å²) >= 11 is 0. The average Bonchev–Trinajstić information content (AvgIpc) is 2.81. The highest BCUT2D eigenvalue weighted by Crippen LogP contribution is 2.18. The quantitative estimate of drug-likeness (QED) is 0.861. The maximum Gasteiger partial charge on any atom is 0.246 e. The van der Waals surface area contributed by atoms with Crippen LogP contribution >= 0.6 is 0 Å². The van der Waals surface area contributed by atoms with Crippen molar-refractivity contribution in [2.75, 3.05) is 0 Å². The minimum Gasteiger partial charge on any atom is -0.343 e. The monoisotopic (exact) mass is 280 g/mol. The third-order valence-electron chi connectivity index (χ3n) is 3.42. The number of hydrogen-bond acceptors (Lipinski definition) is 5. The predicted octanol–water partition coefficient (Wildman–Crippen LogP) is 0.784. The van der Waals surface area contributed by atoms with Gasteiger partial charge in [0.25, 0.3) is 0 Å². The first-order chi connectivity index (χ1) is 9.56. The summed E-state index contributed by atoms with van der Waals surface area (Å²) in [6.45, 7) is 5.77. The zero-order valence-corrected chi connectivity index (χ0v) is 12.0. The van der Waals surface area contributed by atoms with Crippen molar-refractivity contribution in [2.45, 2.75) is 58.7 Å². The molecule has 20 heavy (non-hydrogen) atoms. The Labute approximate surface area is 117 Å². The second-order valence-electron chi connectivity index (χ2n) is 4.98. The van der Waals surface area contributed by atoms with Gasteiger partial charge in [0, 0.05) is 0 Å². The van der Waals surface area contributed by atoms with E-state index in [1.807, 2.05) is 13.8 Å². The van der Waals surface area contributed by atoms with E-state index in [-0.39, 0.29) is 18.4 Å². The molecule has 110 valence electrons. The van der Waals surface area contributed by atoms with E-state index in [4.69, 9.17) is 4.52 Å². The van der Waals surface area contributed by atoms with Gasteiger partial charge in [-0.2, -0.15) is 4.98 Å². The standard InChI is InChI=1S/C13H20N4O3/c1-4-6-9-13(19)17(10(5-2)12(18)15-9)7-11-14-8(3)16-20-11/h9-10H,4-7H2,1-3H3,(H,15,18). The Balaban J connectivity index is 2.19. The maximum absolute atomic E-state index is 12.5. The van der Waals surface area contributed by atoms with Gasteiger partial charge in [-0.05, 0) is 19.8 Å². The van der Waals surface area contributed by atoms with Crippen LogP contribution in [-0.4, -0.2) is 38.9 Å². The number of aryl methyl sites for hydroxylation is 1. The van der Waals surface area contributed by atoms with Gasteiger partial charge in [0.1, 0.15) is 18.6 Å². The predicted molar refractivity (Wildman–Crippen MR) is 70.5 cm³/mol. The van der Waals surface area contributed by atoms with Gasteiger partial charge in [-0.1, -0.05) is 25.4 Å². The molecule has 2 rings (SSSR count). The number of nitrogens with zero attached hydrogens (tertiary/aromatic N) is 3. The number of rotatable bonds is 5. The second kappa shape index (κ2) is 6.02. The molecule has 2 unspecified atom stereocenters. The van der Waals surface area contributed by atoms with E-state index in [0.29, 0.717) is 24.6 Å². The van der Waals surface area contributed by atoms with Crippen molar-refractivity contribution in [3.63, 3.8) is 0 Å². The van der Waals surface area contributed by atoms with Crippen molar-refractivity contribution >= 4 is 11.8 Å². The normalized spacial score (nSPS) is 23.1. The molecule has 1 aliphatic rings. The van der Waals surface area contributed by atoms with Gasteiger partial charge in [-0.3, -0.25) is 9.59 Å². The van der Waals surface area contributed by atoms with Crippen LogP contribution in [0.25, 0.3) is 0 Å². The molecule has 1 saturated heterocycles. The molecule has 2 amide bonds. The zero-order valence-electron chi connectivity index (χ0n) is 12.0. The van der Waals surface area contributed by atoms with Crippen molar-refractivity contribution < 1.29 is 14.1 Å². The van der Waals surface area contributed by atoms with Gasteiger partial charge in [-0.15, -0.1) is 0 Å². The summed E-state index contributed by atoms with van der Waals surface area (Å²) in [5.41, 5.74) is 0. The van der Waals surface area contributed by atoms with E-state index in [1.165, 1.54) is 0 Å². The van der Waals surface area contributed by atoms with Gasteiger partial charge in [0.15, 0.2) is 5.82 Å². The molecule has 0 spiro atoms. The smallest absolute Gasteiger partial charge is 0.246 e. The molecular weight excluding hydrogens is 260 g/mol. The van der Waals surface area contributed by atoms with E-state index in [0.717, 1.165) is 6.42 Å². The van der Waals surface area contributed by atoms with Crippen LogP contribution in [0, 0.1) is 6.92 Å². The Kier molecular flexibility index (Phi) is 4.36. The summed E-state index contributed by atoms with van der Waals surface area (Å²) in [5, 5.41) is 6.50. The zero-order chi connectivity index (χ0) is 14.7. The SMILES string of the molecule is CCCC1NC(=O)C(CC)N(Cc2nc(C)no2)C1=O. The summed E-state index contributed by atoms with van der Waals surface area (Å²) in [6.07, 6.45) is 2.03. The van der Waals surface area contributed by atoms with E-state index in [1.54, 1.807) is 11.8 Å². The topological polar surface area (TPSA) is 88.3 Å². The lowest BCUT2D eigenvalue weighted by Gasteiger charge is -2.37. The third kappa shape index (κ3) is 2.81. The number of carbonyl (C=O) groups is 2. The fraction of sp³-hybridized carbons (Fsp3) is 0.692. The van der Waals surface area contributed by atoms with Gasteiger partial charge >= 0.3 is 0 Å². The van der Waals surface area contributed by atoms with E-state index < -0.39 is 12.1 Å². The lowest BCUT2D eigenvalue weighted by molar-refractivity contribution is -0.150. The van der Waals surface area contributed by atoms with Crippen LogP contribution < -0.4 is 5.32 Å². The van der Waals surface area contributed by atoms with Crippen molar-refractivity contribution in [1.82, 2.24) is 20.4 Å². The fourth-order valence-corrected chi connectivity index (χ4v) is 2.45. The average molecular weight is 280 g/mol. The Morgan fingerprint density at radius 1 is 1.35 bits per heavy atom. The molecule has 0 bridgehead atoms. The number of aromatic nitrogens is 2. The molecule has 0 aliphatic carbocycles. The molecule has 1 aromatic heterocycles. The molecule has 2 heterocycles. The molecular formula is C13H20N4O3. The molecule has 0 aromatic carbocycles. The summed E-state index contributed by atoms with van der Waals surface area (Å²) < 4.78 is 5.05. The van der Waals surface area contributed by atoms with E-state index in [2.05, 4.69) is 15.5 Å². The first-order valence-electron chi connectivity index (χ1n) is 6.96. The third-order valence-corrected chi connectivity index (χ3v) is 3.42. The Hall–Kier alpha value is -1.92. The molecule has 1 N–H and O–H groups in total. The van der Waals surface area contributed by atoms with Crippen LogP contribution in [0.5, 0.6) is 0 Å². The maximum atomic E-state index is 12.5. The number of piperazine rings is 1. The minimum absolute atomic E-state index is 0.0749. The lowest BCUT2D eigenvalue weighted by atomic mass is 10.0. The Bertz CT molecular complexity index is 500. The first-order valence-corrected chi connectivity index (χ1v) is 6.96. The number of hydrogen-bond donors (Lipinski definition) is 1. The van der Waals surface area contributed by atoms with Crippen molar-refractivity contribution in [3.8, 4) is 0 Å². The molecule has 2 atom stereocenters. The van der Waals surface area contributed by atoms with Crippen LogP contribution in [-0.2, 0) is 16.1 Å². The Morgan fingerprint density at radius 2 is 2.10 bits per heavy atom. The van der Waals surface area contributed by atoms with Crippen LogP contribution in [0.3, 0.4) is 0 Å². The highest BCUT2D eigenvalue weighted by Gasteiger charge is 2.39. The van der Waals surface area contributed by atoms with Gasteiger partial charge < -0.3 is 14.7 Å². The second-order valence-corrected chi connectivity index (χ2v) is 4.98. The van der Waals surface area contributed by atoms with E-state index >= 15 is 0 Å². The first kappa shape index (κ1) is 14.5. The summed E-state index contributed by atoms with van der Waals surface area (Å²) in [6, 6.07) is -0.915. The summed E-state index contributed by atoms with van der Waals surface area (Å²) in [4.78, 5) is 30.2. The van der Waals surface area contributed by atoms with Gasteiger partial charge in [-0.25, -0.2) is 0 Å². The highest BCUT2D eigenvalue weighted by molar-refractivity contribution is 5.96. The van der Waals surface area contributed by atoms with Crippen LogP contribution in [0.1, 0.15) is 44.8 Å². The summed E-state index contributed by atoms with van der Waals surface area (Å²) in [5.74, 6) is 0.697. The Morgan fingerprint density at radius 3 is 2.65 bits per heavy atom. The lowest BCUT2D eigenvalue weighted by Crippen LogP contribution is -2.62. The molecule has 1 aromatic rings. The molecule has 0 saturated carbocycles. The molecule has 7 nitrogen and oxygen atoms in total. The molecule has 0 radical (unpaired) electrons. The summed E-state index contributed by atoms with van der Waals surface area (Å²) in [7, 11) is 0.